The number of benzene rings is 2. The molecule has 2 aliphatic heterocycles. The maximum Gasteiger partial charge on any atom is 0.449 e. The molecule has 0 radical (unpaired) electrons. The number of nitrogens with zero attached hydrogens (tertiary/aromatic N) is 3. The van der Waals surface area contributed by atoms with Gasteiger partial charge in [0, 0.05) is 24.9 Å². The van der Waals surface area contributed by atoms with Gasteiger partial charge in [0.05, 0.1) is 23.6 Å². The third-order valence-electron chi connectivity index (χ3n) is 5.32. The third-order valence-corrected chi connectivity index (χ3v) is 5.32. The highest BCUT2D eigenvalue weighted by atomic mass is 19.4. The van der Waals surface area contributed by atoms with Crippen LogP contribution in [0.5, 0.6) is 0 Å². The zero-order valence-electron chi connectivity index (χ0n) is 15.6. The quantitative estimate of drug-likeness (QED) is 0.660. The number of aromatic amines is 1. The van der Waals surface area contributed by atoms with E-state index in [4.69, 9.17) is 0 Å². The molecule has 1 unspecified atom stereocenters. The van der Waals surface area contributed by atoms with Gasteiger partial charge in [-0.2, -0.15) is 13.2 Å². The number of hydrogen-bond donors (Lipinski definition) is 2. The van der Waals surface area contributed by atoms with Gasteiger partial charge < -0.3 is 10.3 Å². The highest BCUT2D eigenvalue weighted by molar-refractivity contribution is 5.96. The second kappa shape index (κ2) is 6.72. The lowest BCUT2D eigenvalue weighted by molar-refractivity contribution is -0.144. The van der Waals surface area contributed by atoms with Crippen molar-refractivity contribution in [3.05, 3.63) is 65.6 Å². The minimum absolute atomic E-state index is 0.200. The zero-order valence-corrected chi connectivity index (χ0v) is 15.6. The number of H-pyrrole nitrogens is 1. The number of rotatable bonds is 3. The lowest BCUT2D eigenvalue weighted by atomic mass is 10.0. The van der Waals surface area contributed by atoms with E-state index >= 15 is 0 Å². The predicted octanol–water partition coefficient (Wildman–Crippen LogP) is 4.62. The molecule has 9 heteroatoms. The molecule has 0 saturated carbocycles. The van der Waals surface area contributed by atoms with Crippen LogP contribution in [0.15, 0.2) is 53.7 Å². The molecule has 0 spiro atoms. The number of aromatic nitrogens is 2. The fourth-order valence-corrected chi connectivity index (χ4v) is 3.80. The fourth-order valence-electron chi connectivity index (χ4n) is 3.80. The number of carbonyl (C=O) groups is 1. The highest BCUT2D eigenvalue weighted by Gasteiger charge is 2.35. The predicted molar refractivity (Wildman–Crippen MR) is 106 cm³/mol. The molecular formula is C21H16F3N5O. The number of carbonyl (C=O) groups excluding carboxylic acids is 1. The van der Waals surface area contributed by atoms with Gasteiger partial charge in [0.15, 0.2) is 0 Å². The average Bonchev–Trinajstić information content (AvgIpc) is 3.46. The van der Waals surface area contributed by atoms with Crippen molar-refractivity contribution in [2.24, 2.45) is 4.99 Å². The van der Waals surface area contributed by atoms with Crippen molar-refractivity contribution in [1.82, 2.24) is 15.3 Å². The van der Waals surface area contributed by atoms with E-state index in [0.717, 1.165) is 35.1 Å². The molecule has 3 heterocycles. The molecule has 5 rings (SSSR count). The highest BCUT2D eigenvalue weighted by Crippen LogP contribution is 2.36. The van der Waals surface area contributed by atoms with Crippen molar-refractivity contribution in [2.45, 2.75) is 18.6 Å². The molecule has 3 aromatic rings. The third kappa shape index (κ3) is 3.12. The maximum absolute atomic E-state index is 12.8. The fraction of sp³-hybridized carbons (Fsp3) is 0.190. The molecule has 0 bridgehead atoms. The van der Waals surface area contributed by atoms with Gasteiger partial charge >= 0.3 is 12.2 Å². The van der Waals surface area contributed by atoms with Crippen LogP contribution < -0.4 is 10.2 Å². The van der Waals surface area contributed by atoms with E-state index in [0.29, 0.717) is 12.1 Å². The smallest absolute Gasteiger partial charge is 0.335 e. The van der Waals surface area contributed by atoms with Crippen molar-refractivity contribution in [2.75, 3.05) is 11.4 Å². The summed E-state index contributed by atoms with van der Waals surface area (Å²) in [4.78, 5) is 24.2. The largest absolute Gasteiger partial charge is 0.449 e. The van der Waals surface area contributed by atoms with E-state index in [9.17, 15) is 18.0 Å². The molecule has 2 N–H and O–H groups in total. The molecule has 2 amide bonds. The van der Waals surface area contributed by atoms with Gasteiger partial charge in [-0.3, -0.25) is 9.89 Å². The summed E-state index contributed by atoms with van der Waals surface area (Å²) in [6, 6.07) is 12.4. The molecule has 30 heavy (non-hydrogen) atoms. The first-order chi connectivity index (χ1) is 14.4. The lowest BCUT2D eigenvalue weighted by Crippen LogP contribution is -2.29. The van der Waals surface area contributed by atoms with Gasteiger partial charge in [-0.05, 0) is 28.8 Å². The number of aliphatic imine (C=N–C) groups is 1. The maximum atomic E-state index is 12.8. The Morgan fingerprint density at radius 1 is 1.10 bits per heavy atom. The van der Waals surface area contributed by atoms with Gasteiger partial charge in [-0.15, -0.1) is 0 Å². The standard InChI is InChI=1S/C21H16F3N5O/c22-21(23,24)19-26-10-17(28-19)12-1-3-14(4-2-12)18-11-27-20(30)29(18)15-6-5-13-7-8-25-16(13)9-15/h1-6,8-10,18H,7,11H2,(H,26,28)(H,27,30). The lowest BCUT2D eigenvalue weighted by Gasteiger charge is -2.24. The molecule has 1 atom stereocenters. The Kier molecular flexibility index (Phi) is 4.12. The van der Waals surface area contributed by atoms with Crippen molar-refractivity contribution in [3.63, 3.8) is 0 Å². The van der Waals surface area contributed by atoms with Crippen LogP contribution in [0.2, 0.25) is 0 Å². The molecule has 6 nitrogen and oxygen atoms in total. The van der Waals surface area contributed by atoms with E-state index < -0.39 is 12.0 Å². The minimum atomic E-state index is -4.52. The van der Waals surface area contributed by atoms with Crippen molar-refractivity contribution in [1.29, 1.82) is 0 Å². The van der Waals surface area contributed by atoms with Gasteiger partial charge in [0.2, 0.25) is 5.82 Å². The first-order valence-corrected chi connectivity index (χ1v) is 9.35. The number of halogens is 3. The van der Waals surface area contributed by atoms with E-state index in [1.807, 2.05) is 36.5 Å². The summed E-state index contributed by atoms with van der Waals surface area (Å²) in [6.07, 6.45) is -0.727. The number of imidazole rings is 1. The van der Waals surface area contributed by atoms with Crippen LogP contribution in [0.4, 0.5) is 29.3 Å². The van der Waals surface area contributed by atoms with Gasteiger partial charge in [0.1, 0.15) is 0 Å². The van der Waals surface area contributed by atoms with E-state index in [-0.39, 0.29) is 17.8 Å². The number of urea groups is 1. The Balaban J connectivity index is 1.42. The molecule has 2 aliphatic rings. The zero-order chi connectivity index (χ0) is 20.9. The molecule has 1 aromatic heterocycles. The van der Waals surface area contributed by atoms with E-state index in [1.54, 1.807) is 17.0 Å². The van der Waals surface area contributed by atoms with Crippen LogP contribution in [0, 0.1) is 0 Å². The van der Waals surface area contributed by atoms with Crippen LogP contribution in [-0.2, 0) is 12.6 Å². The molecular weight excluding hydrogens is 395 g/mol. The summed E-state index contributed by atoms with van der Waals surface area (Å²) in [6.45, 7) is 0.431. The Morgan fingerprint density at radius 3 is 2.63 bits per heavy atom. The summed E-state index contributed by atoms with van der Waals surface area (Å²) in [5.41, 5.74) is 4.47. The molecule has 152 valence electrons. The number of anilines is 1. The summed E-state index contributed by atoms with van der Waals surface area (Å²) in [5.74, 6) is -1.03. The Bertz CT molecular complexity index is 1150. The molecule has 1 saturated heterocycles. The van der Waals surface area contributed by atoms with Gasteiger partial charge in [0.25, 0.3) is 0 Å². The molecule has 2 aromatic carbocycles. The average molecular weight is 411 g/mol. The summed E-state index contributed by atoms with van der Waals surface area (Å²) >= 11 is 0. The monoisotopic (exact) mass is 411 g/mol. The van der Waals surface area contributed by atoms with Gasteiger partial charge in [-0.1, -0.05) is 30.3 Å². The van der Waals surface area contributed by atoms with Crippen LogP contribution in [0.25, 0.3) is 11.3 Å². The summed E-state index contributed by atoms with van der Waals surface area (Å²) < 4.78 is 38.3. The normalized spacial score (nSPS) is 18.0. The Hall–Kier alpha value is -3.62. The molecule has 0 aliphatic carbocycles. The van der Waals surface area contributed by atoms with E-state index in [1.165, 1.54) is 0 Å². The Morgan fingerprint density at radius 2 is 1.90 bits per heavy atom. The number of hydrogen-bond acceptors (Lipinski definition) is 3. The van der Waals surface area contributed by atoms with Crippen LogP contribution in [0.1, 0.15) is 23.0 Å². The number of fused-ring (bicyclic) bond motifs is 1. The topological polar surface area (TPSA) is 73.4 Å². The second-order valence-corrected chi connectivity index (χ2v) is 7.17. The SMILES string of the molecule is O=C1NCC(c2ccc(-c3cnc(C(F)(F)F)[nH]3)cc2)N1c1ccc2c(c1)N=CC2. The van der Waals surface area contributed by atoms with Crippen LogP contribution in [-0.4, -0.2) is 28.8 Å². The van der Waals surface area contributed by atoms with Crippen molar-refractivity contribution in [3.8, 4) is 11.3 Å². The second-order valence-electron chi connectivity index (χ2n) is 7.17. The van der Waals surface area contributed by atoms with Gasteiger partial charge in [-0.25, -0.2) is 9.78 Å². The summed E-state index contributed by atoms with van der Waals surface area (Å²) in [5, 5.41) is 2.86. The Labute approximate surface area is 169 Å². The number of nitrogens with one attached hydrogen (secondary N) is 2. The number of amides is 2. The number of alkyl halides is 3. The van der Waals surface area contributed by atoms with Crippen LogP contribution in [0.3, 0.4) is 0 Å². The first kappa shape index (κ1) is 18.4. The molecule has 1 fully saturated rings. The van der Waals surface area contributed by atoms with E-state index in [2.05, 4.69) is 20.3 Å². The summed E-state index contributed by atoms with van der Waals surface area (Å²) in [7, 11) is 0. The minimum Gasteiger partial charge on any atom is -0.335 e. The van der Waals surface area contributed by atoms with Crippen molar-refractivity contribution >= 4 is 23.6 Å². The van der Waals surface area contributed by atoms with Crippen molar-refractivity contribution < 1.29 is 18.0 Å². The first-order valence-electron chi connectivity index (χ1n) is 9.35. The van der Waals surface area contributed by atoms with Crippen LogP contribution >= 0.6 is 0 Å².